The van der Waals surface area contributed by atoms with Crippen molar-refractivity contribution in [3.8, 4) is 0 Å². The molecule has 2 heteroatoms. The largest absolute Gasteiger partial charge is 0.0775 e. The fourth-order valence-electron chi connectivity index (χ4n) is 7.03. The number of hydrogen-bond donors (Lipinski definition) is 0. The molecule has 0 aromatic heterocycles. The molecule has 0 N–H and O–H groups in total. The van der Waals surface area contributed by atoms with Crippen LogP contribution in [0.25, 0.3) is 5.57 Å². The Labute approximate surface area is 261 Å². The summed E-state index contributed by atoms with van der Waals surface area (Å²) in [5, 5.41) is 3.21. The van der Waals surface area contributed by atoms with Gasteiger partial charge in [-0.05, 0) is 90.8 Å². The molecule has 42 heavy (non-hydrogen) atoms. The maximum Gasteiger partial charge on any atom is 0.0775 e. The van der Waals surface area contributed by atoms with E-state index in [1.165, 1.54) is 44.5 Å². The summed E-state index contributed by atoms with van der Waals surface area (Å²) in [6, 6.07) is 24.5. The van der Waals surface area contributed by atoms with E-state index in [1.807, 2.05) is 0 Å². The Morgan fingerprint density at radius 1 is 0.667 bits per heavy atom. The van der Waals surface area contributed by atoms with Crippen LogP contribution in [0.15, 0.2) is 77.4 Å². The Bertz CT molecular complexity index is 1510. The highest BCUT2D eigenvalue weighted by molar-refractivity contribution is 6.89. The Kier molecular flexibility index (Phi) is 8.70. The van der Waals surface area contributed by atoms with E-state index in [0.29, 0.717) is 0 Å². The zero-order valence-corrected chi connectivity index (χ0v) is 31.6. The van der Waals surface area contributed by atoms with Crippen molar-refractivity contribution in [2.45, 2.75) is 118 Å². The first kappa shape index (κ1) is 32.5. The van der Waals surface area contributed by atoms with Crippen LogP contribution in [0, 0.1) is 13.8 Å². The van der Waals surface area contributed by atoms with Crippen molar-refractivity contribution in [2.24, 2.45) is 0 Å². The van der Waals surface area contributed by atoms with E-state index in [-0.39, 0.29) is 15.9 Å². The third-order valence-corrected chi connectivity index (χ3v) is 14.4. The van der Waals surface area contributed by atoms with E-state index < -0.39 is 17.6 Å². The zero-order chi connectivity index (χ0) is 31.4. The molecule has 0 fully saturated rings. The predicted molar refractivity (Wildman–Crippen MR) is 195 cm³/mol. The van der Waals surface area contributed by atoms with Crippen molar-refractivity contribution in [2.75, 3.05) is 0 Å². The zero-order valence-electron chi connectivity index (χ0n) is 29.2. The van der Waals surface area contributed by atoms with Gasteiger partial charge in [-0.15, -0.1) is 0 Å². The molecule has 0 nitrogen and oxygen atoms in total. The van der Waals surface area contributed by atoms with E-state index in [4.69, 9.17) is 0 Å². The van der Waals surface area contributed by atoms with Crippen molar-refractivity contribution in [1.29, 1.82) is 0 Å². The van der Waals surface area contributed by atoms with Gasteiger partial charge in [0.2, 0.25) is 0 Å². The maximum absolute atomic E-state index is 2.60. The Balaban J connectivity index is 2.04. The van der Waals surface area contributed by atoms with Gasteiger partial charge < -0.3 is 0 Å². The van der Waals surface area contributed by atoms with Crippen molar-refractivity contribution >= 4 is 33.5 Å². The highest BCUT2D eigenvalue weighted by Crippen LogP contribution is 2.59. The van der Waals surface area contributed by atoms with E-state index in [2.05, 4.69) is 156 Å². The quantitative estimate of drug-likeness (QED) is 0.250. The lowest BCUT2D eigenvalue weighted by Crippen LogP contribution is -2.41. The molecule has 1 aliphatic carbocycles. The summed E-state index contributed by atoms with van der Waals surface area (Å²) >= 11 is 0. The fourth-order valence-corrected chi connectivity index (χ4v) is 11.3. The van der Waals surface area contributed by atoms with Crippen molar-refractivity contribution in [3.05, 3.63) is 111 Å². The third kappa shape index (κ3) is 6.55. The molecular weight excluding hydrogens is 537 g/mol. The summed E-state index contributed by atoms with van der Waals surface area (Å²) < 4.78 is 0. The van der Waals surface area contributed by atoms with Crippen molar-refractivity contribution in [1.82, 2.24) is 0 Å². The summed E-state index contributed by atoms with van der Waals surface area (Å²) in [6.45, 7) is 33.4. The summed E-state index contributed by atoms with van der Waals surface area (Å²) in [7, 11) is -2.20. The van der Waals surface area contributed by atoms with E-state index >= 15 is 0 Å². The monoisotopic (exact) mass is 592 g/mol. The molecule has 0 amide bonds. The summed E-state index contributed by atoms with van der Waals surface area (Å²) in [4.78, 5) is 0. The average molecular weight is 593 g/mol. The molecular formula is C40H56Si2. The van der Waals surface area contributed by atoms with Crippen LogP contribution in [0.4, 0.5) is 0 Å². The summed E-state index contributed by atoms with van der Waals surface area (Å²) in [6.07, 6.45) is 1.07. The van der Waals surface area contributed by atoms with Crippen LogP contribution in [0.5, 0.6) is 0 Å². The van der Waals surface area contributed by atoms with Crippen molar-refractivity contribution < 1.29 is 0 Å². The molecule has 3 aromatic rings. The summed E-state index contributed by atoms with van der Waals surface area (Å²) in [5.41, 5.74) is 14.9. The number of allylic oxidation sites excluding steroid dienone is 4. The minimum atomic E-state index is -1.42. The van der Waals surface area contributed by atoms with Crippen LogP contribution in [0.3, 0.4) is 0 Å². The minimum Gasteiger partial charge on any atom is -0.0657 e. The van der Waals surface area contributed by atoms with Gasteiger partial charge in [0.1, 0.15) is 0 Å². The number of aryl methyl sites for hydroxylation is 2. The van der Waals surface area contributed by atoms with Gasteiger partial charge in [-0.1, -0.05) is 149 Å². The second-order valence-electron chi connectivity index (χ2n) is 16.4. The first-order valence-corrected chi connectivity index (χ1v) is 20.9. The number of hydrogen-bond acceptors (Lipinski definition) is 0. The molecule has 0 bridgehead atoms. The van der Waals surface area contributed by atoms with Crippen LogP contribution < -0.4 is 10.4 Å². The summed E-state index contributed by atoms with van der Waals surface area (Å²) in [5.74, 6) is 0. The SMILES string of the molecule is CC1=C(C)C(Cc2cc(C)cc(C)c2)([SiH2]c2cccc([Si](C)(C)C)c2)C(c2cc(C(C)(C)C)cc(C(C)(C)C)c2)=C1C. The van der Waals surface area contributed by atoms with Gasteiger partial charge in [0, 0.05) is 5.04 Å². The second kappa shape index (κ2) is 11.3. The standard InChI is InChI=1S/C40H56Si2/c1-26-18-27(2)20-31(19-26)25-40(41-35-16-15-17-36(24-35)42(12,13)14)30(5)28(3)29(4)37(40)32-21-33(38(6,7)8)23-34(22-32)39(9,10)11/h15-24H,25,41H2,1-14H3. The Morgan fingerprint density at radius 2 is 1.21 bits per heavy atom. The highest BCUT2D eigenvalue weighted by atomic mass is 28.3. The lowest BCUT2D eigenvalue weighted by molar-refractivity contribution is 0.568. The van der Waals surface area contributed by atoms with Gasteiger partial charge in [-0.3, -0.25) is 0 Å². The molecule has 0 saturated carbocycles. The molecule has 224 valence electrons. The second-order valence-corrected chi connectivity index (χ2v) is 23.9. The Morgan fingerprint density at radius 3 is 1.71 bits per heavy atom. The van der Waals surface area contributed by atoms with Crippen LogP contribution in [0.2, 0.25) is 24.7 Å². The van der Waals surface area contributed by atoms with E-state index in [0.717, 1.165) is 6.42 Å². The molecule has 0 saturated heterocycles. The first-order valence-electron chi connectivity index (χ1n) is 15.9. The fraction of sp³-hybridized carbons (Fsp3) is 0.450. The van der Waals surface area contributed by atoms with Gasteiger partial charge in [0.05, 0.1) is 17.6 Å². The predicted octanol–water partition coefficient (Wildman–Crippen LogP) is 9.46. The molecule has 1 atom stereocenters. The number of benzene rings is 3. The lowest BCUT2D eigenvalue weighted by Gasteiger charge is -2.37. The Hall–Kier alpha value is -2.43. The van der Waals surface area contributed by atoms with Gasteiger partial charge in [-0.25, -0.2) is 0 Å². The molecule has 3 aromatic carbocycles. The van der Waals surface area contributed by atoms with Crippen LogP contribution in [0.1, 0.15) is 95.7 Å². The smallest absolute Gasteiger partial charge is 0.0657 e. The van der Waals surface area contributed by atoms with Crippen LogP contribution in [-0.2, 0) is 17.3 Å². The van der Waals surface area contributed by atoms with Crippen LogP contribution in [-0.4, -0.2) is 17.6 Å². The molecule has 4 rings (SSSR count). The average Bonchev–Trinajstić information content (AvgIpc) is 3.02. The molecule has 0 spiro atoms. The van der Waals surface area contributed by atoms with Gasteiger partial charge in [0.15, 0.2) is 0 Å². The van der Waals surface area contributed by atoms with Gasteiger partial charge >= 0.3 is 0 Å². The lowest BCUT2D eigenvalue weighted by atomic mass is 9.76. The van der Waals surface area contributed by atoms with E-state index in [9.17, 15) is 0 Å². The van der Waals surface area contributed by atoms with Gasteiger partial charge in [0.25, 0.3) is 0 Å². The van der Waals surface area contributed by atoms with E-state index in [1.54, 1.807) is 21.5 Å². The molecule has 0 heterocycles. The minimum absolute atomic E-state index is 0.0259. The molecule has 1 aliphatic rings. The topological polar surface area (TPSA) is 0 Å². The third-order valence-electron chi connectivity index (χ3n) is 9.74. The van der Waals surface area contributed by atoms with Crippen LogP contribution >= 0.6 is 0 Å². The number of rotatable bonds is 6. The van der Waals surface area contributed by atoms with Gasteiger partial charge in [-0.2, -0.15) is 0 Å². The highest BCUT2D eigenvalue weighted by Gasteiger charge is 2.44. The molecule has 0 aliphatic heterocycles. The maximum atomic E-state index is 2.60. The molecule has 0 radical (unpaired) electrons. The van der Waals surface area contributed by atoms with Crippen molar-refractivity contribution in [3.63, 3.8) is 0 Å². The molecule has 1 unspecified atom stereocenters. The first-order chi connectivity index (χ1) is 19.2. The normalized spacial score (nSPS) is 18.6.